The highest BCUT2D eigenvalue weighted by molar-refractivity contribution is 5.91. The number of hydrogen-bond acceptors (Lipinski definition) is 4. The maximum Gasteiger partial charge on any atom is 0.278 e. The van der Waals surface area contributed by atoms with E-state index in [4.69, 9.17) is 4.42 Å². The maximum atomic E-state index is 12.6. The van der Waals surface area contributed by atoms with Crippen LogP contribution in [0.3, 0.4) is 0 Å². The summed E-state index contributed by atoms with van der Waals surface area (Å²) < 4.78 is 6.83. The van der Waals surface area contributed by atoms with Crippen molar-refractivity contribution in [3.05, 3.63) is 82.2 Å². The summed E-state index contributed by atoms with van der Waals surface area (Å²) in [5.41, 5.74) is 0.948. The van der Waals surface area contributed by atoms with Gasteiger partial charge in [-0.05, 0) is 31.2 Å². The Kier molecular flexibility index (Phi) is 4.29. The SMILES string of the molecule is Cc1cc(=O)c(C(=O)N(C)Cc2ccco2)nn1-c1ccccc1. The molecule has 0 unspecified atom stereocenters. The van der Waals surface area contributed by atoms with Gasteiger partial charge in [0.2, 0.25) is 5.43 Å². The van der Waals surface area contributed by atoms with Crippen LogP contribution in [0.5, 0.6) is 0 Å². The van der Waals surface area contributed by atoms with Gasteiger partial charge in [-0.2, -0.15) is 5.10 Å². The molecule has 3 rings (SSSR count). The van der Waals surface area contributed by atoms with Crippen LogP contribution in [0.15, 0.2) is 64.0 Å². The van der Waals surface area contributed by atoms with Crippen molar-refractivity contribution in [2.24, 2.45) is 0 Å². The predicted molar refractivity (Wildman–Crippen MR) is 89.1 cm³/mol. The molecule has 0 aliphatic heterocycles. The molecule has 6 nitrogen and oxygen atoms in total. The smallest absolute Gasteiger partial charge is 0.278 e. The molecule has 0 spiro atoms. The van der Waals surface area contributed by atoms with Gasteiger partial charge < -0.3 is 9.32 Å². The van der Waals surface area contributed by atoms with E-state index in [9.17, 15) is 9.59 Å². The largest absolute Gasteiger partial charge is 0.467 e. The van der Waals surface area contributed by atoms with Crippen LogP contribution in [0, 0.1) is 6.92 Å². The van der Waals surface area contributed by atoms with E-state index in [1.54, 1.807) is 37.0 Å². The van der Waals surface area contributed by atoms with Gasteiger partial charge in [0.1, 0.15) is 5.76 Å². The van der Waals surface area contributed by atoms with Crippen LogP contribution in [-0.4, -0.2) is 27.6 Å². The molecule has 24 heavy (non-hydrogen) atoms. The monoisotopic (exact) mass is 323 g/mol. The van der Waals surface area contributed by atoms with E-state index in [1.165, 1.54) is 11.0 Å². The lowest BCUT2D eigenvalue weighted by atomic mass is 10.2. The number of hydrogen-bond donors (Lipinski definition) is 0. The zero-order valence-electron chi connectivity index (χ0n) is 13.5. The molecule has 0 fully saturated rings. The van der Waals surface area contributed by atoms with Crippen LogP contribution in [0.2, 0.25) is 0 Å². The number of para-hydroxylation sites is 1. The Balaban J connectivity index is 1.95. The van der Waals surface area contributed by atoms with Crippen molar-refractivity contribution < 1.29 is 9.21 Å². The van der Waals surface area contributed by atoms with Crippen molar-refractivity contribution in [1.29, 1.82) is 0 Å². The lowest BCUT2D eigenvalue weighted by Gasteiger charge is -2.16. The molecule has 6 heteroatoms. The molecular weight excluding hydrogens is 306 g/mol. The van der Waals surface area contributed by atoms with Crippen molar-refractivity contribution in [1.82, 2.24) is 14.7 Å². The first-order valence-electron chi connectivity index (χ1n) is 7.50. The van der Waals surface area contributed by atoms with Gasteiger partial charge in [-0.15, -0.1) is 0 Å². The van der Waals surface area contributed by atoms with Gasteiger partial charge in [-0.3, -0.25) is 9.59 Å². The average molecular weight is 323 g/mol. The van der Waals surface area contributed by atoms with Crippen molar-refractivity contribution in [3.63, 3.8) is 0 Å². The molecule has 0 atom stereocenters. The van der Waals surface area contributed by atoms with Crippen molar-refractivity contribution in [3.8, 4) is 5.69 Å². The zero-order valence-corrected chi connectivity index (χ0v) is 13.5. The lowest BCUT2D eigenvalue weighted by Crippen LogP contribution is -2.33. The summed E-state index contributed by atoms with van der Waals surface area (Å²) in [6.45, 7) is 2.05. The van der Waals surface area contributed by atoms with E-state index in [0.717, 1.165) is 5.69 Å². The van der Waals surface area contributed by atoms with Crippen LogP contribution in [0.4, 0.5) is 0 Å². The maximum absolute atomic E-state index is 12.6. The molecule has 122 valence electrons. The van der Waals surface area contributed by atoms with Crippen LogP contribution >= 0.6 is 0 Å². The van der Waals surface area contributed by atoms with Crippen LogP contribution in [0.25, 0.3) is 5.69 Å². The van der Waals surface area contributed by atoms with E-state index in [1.807, 2.05) is 30.3 Å². The third-order valence-electron chi connectivity index (χ3n) is 3.63. The summed E-state index contributed by atoms with van der Waals surface area (Å²) in [6, 6.07) is 14.3. The Morgan fingerprint density at radius 3 is 2.62 bits per heavy atom. The van der Waals surface area contributed by atoms with Gasteiger partial charge in [-0.1, -0.05) is 18.2 Å². The van der Waals surface area contributed by atoms with Crippen LogP contribution in [0.1, 0.15) is 21.9 Å². The molecule has 3 aromatic rings. The minimum Gasteiger partial charge on any atom is -0.467 e. The molecule has 0 aliphatic carbocycles. The fourth-order valence-electron chi connectivity index (χ4n) is 2.41. The Bertz CT molecular complexity index is 899. The number of nitrogens with zero attached hydrogens (tertiary/aromatic N) is 3. The molecule has 1 amide bonds. The van der Waals surface area contributed by atoms with Gasteiger partial charge in [0.25, 0.3) is 5.91 Å². The predicted octanol–water partition coefficient (Wildman–Crippen LogP) is 2.41. The molecule has 0 bridgehead atoms. The summed E-state index contributed by atoms with van der Waals surface area (Å²) in [4.78, 5) is 26.2. The zero-order chi connectivity index (χ0) is 17.1. The van der Waals surface area contributed by atoms with E-state index in [0.29, 0.717) is 11.5 Å². The second kappa shape index (κ2) is 6.54. The van der Waals surface area contributed by atoms with Gasteiger partial charge in [-0.25, -0.2) is 4.68 Å². The highest BCUT2D eigenvalue weighted by Gasteiger charge is 2.20. The summed E-state index contributed by atoms with van der Waals surface area (Å²) in [5, 5.41) is 4.27. The standard InChI is InChI=1S/C18H17N3O3/c1-13-11-16(22)17(19-21(13)14-7-4-3-5-8-14)18(23)20(2)12-15-9-6-10-24-15/h3-11H,12H2,1-2H3. The highest BCUT2D eigenvalue weighted by Crippen LogP contribution is 2.10. The molecular formula is C18H17N3O3. The minimum absolute atomic E-state index is 0.112. The Labute approximate surface area is 139 Å². The molecule has 1 aromatic carbocycles. The number of furan rings is 1. The third-order valence-corrected chi connectivity index (χ3v) is 3.63. The number of benzene rings is 1. The highest BCUT2D eigenvalue weighted by atomic mass is 16.3. The number of carbonyl (C=O) groups is 1. The number of rotatable bonds is 4. The van der Waals surface area contributed by atoms with Gasteiger partial charge in [0.05, 0.1) is 18.5 Å². The summed E-state index contributed by atoms with van der Waals surface area (Å²) >= 11 is 0. The van der Waals surface area contributed by atoms with Gasteiger partial charge in [0.15, 0.2) is 5.69 Å². The van der Waals surface area contributed by atoms with Crippen molar-refractivity contribution in [2.45, 2.75) is 13.5 Å². The number of aryl methyl sites for hydroxylation is 1. The van der Waals surface area contributed by atoms with Crippen LogP contribution < -0.4 is 5.43 Å². The fourth-order valence-corrected chi connectivity index (χ4v) is 2.41. The van der Waals surface area contributed by atoms with Crippen molar-refractivity contribution >= 4 is 5.91 Å². The second-order valence-electron chi connectivity index (χ2n) is 5.49. The fraction of sp³-hybridized carbons (Fsp3) is 0.167. The molecule has 0 saturated carbocycles. The summed E-state index contributed by atoms with van der Waals surface area (Å²) in [6.07, 6.45) is 1.54. The average Bonchev–Trinajstić information content (AvgIpc) is 3.08. The Morgan fingerprint density at radius 1 is 1.21 bits per heavy atom. The molecule has 0 N–H and O–H groups in total. The topological polar surface area (TPSA) is 68.3 Å². The minimum atomic E-state index is -0.443. The van der Waals surface area contributed by atoms with E-state index in [-0.39, 0.29) is 12.2 Å². The first-order chi connectivity index (χ1) is 11.6. The second-order valence-corrected chi connectivity index (χ2v) is 5.49. The first kappa shape index (κ1) is 15.7. The third kappa shape index (κ3) is 3.12. The summed E-state index contributed by atoms with van der Waals surface area (Å²) in [5.74, 6) is 0.197. The normalized spacial score (nSPS) is 10.6. The Morgan fingerprint density at radius 2 is 1.96 bits per heavy atom. The van der Waals surface area contributed by atoms with Crippen LogP contribution in [-0.2, 0) is 6.54 Å². The first-order valence-corrected chi connectivity index (χ1v) is 7.50. The lowest BCUT2D eigenvalue weighted by molar-refractivity contribution is 0.0766. The van der Waals surface area contributed by atoms with E-state index < -0.39 is 11.3 Å². The number of carbonyl (C=O) groups excluding carboxylic acids is 1. The molecule has 0 saturated heterocycles. The van der Waals surface area contributed by atoms with Crippen molar-refractivity contribution in [2.75, 3.05) is 7.05 Å². The van der Waals surface area contributed by atoms with E-state index in [2.05, 4.69) is 5.10 Å². The molecule has 0 radical (unpaired) electrons. The molecule has 0 aliphatic rings. The Hall–Kier alpha value is -3.15. The molecule has 2 aromatic heterocycles. The number of amides is 1. The van der Waals surface area contributed by atoms with Gasteiger partial charge in [0, 0.05) is 18.8 Å². The van der Waals surface area contributed by atoms with Gasteiger partial charge >= 0.3 is 0 Å². The quantitative estimate of drug-likeness (QED) is 0.739. The van der Waals surface area contributed by atoms with E-state index >= 15 is 0 Å². The molecule has 2 heterocycles. The number of aromatic nitrogens is 2. The summed E-state index contributed by atoms with van der Waals surface area (Å²) in [7, 11) is 1.61.